The van der Waals surface area contributed by atoms with E-state index in [1.54, 1.807) is 0 Å². The summed E-state index contributed by atoms with van der Waals surface area (Å²) in [4.78, 5) is 0. The molecule has 260 valence electrons. The molecule has 0 saturated heterocycles. The van der Waals surface area contributed by atoms with E-state index < -0.39 is 7.38 Å². The molecule has 14 heteroatoms. The van der Waals surface area contributed by atoms with E-state index in [1.807, 2.05) is 20.8 Å². The molecule has 0 aliphatic rings. The van der Waals surface area contributed by atoms with Crippen molar-refractivity contribution < 1.29 is 56.8 Å². The van der Waals surface area contributed by atoms with Gasteiger partial charge in [-0.05, 0) is 20.8 Å². The number of rotatable bonds is 15. The number of ether oxygens (including phenoxy) is 12. The molecule has 0 spiro atoms. The number of benzene rings is 3. The van der Waals surface area contributed by atoms with Crippen LogP contribution < -0.4 is 72.4 Å². The summed E-state index contributed by atoms with van der Waals surface area (Å²) in [6.45, 7) is 5.46. The Morgan fingerprint density at radius 2 is 0.404 bits per heavy atom. The van der Waals surface area contributed by atoms with Crippen LogP contribution in [0.3, 0.4) is 0 Å². The zero-order chi connectivity index (χ0) is 35.4. The Labute approximate surface area is 282 Å². The van der Waals surface area contributed by atoms with Crippen LogP contribution in [0.15, 0.2) is 0 Å². The Hall–Kier alpha value is -4.23. The smallest absolute Gasteiger partial charge is 0.271 e. The standard InChI is InChI=1S/C33H45ClO12Si/c1-16-19(35-4)25(41-10)31(26(42-11)20(16)36-5)47(34,32-27(43-12)21(37-6)17(2)22(38-7)28(32)44-13)33-29(45-14)23(39-8)18(3)24(40-9)30(33)46-15/h1-15H3. The second kappa shape index (κ2) is 15.1. The summed E-state index contributed by atoms with van der Waals surface area (Å²) in [6, 6.07) is 0. The molecular weight excluding hydrogens is 652 g/mol. The maximum Gasteiger partial charge on any atom is 0.271 e. The molecule has 12 nitrogen and oxygen atoms in total. The van der Waals surface area contributed by atoms with Crippen LogP contribution in [0.25, 0.3) is 0 Å². The van der Waals surface area contributed by atoms with E-state index in [4.69, 9.17) is 67.9 Å². The molecule has 3 aromatic carbocycles. The van der Waals surface area contributed by atoms with Gasteiger partial charge in [-0.15, -0.1) is 11.1 Å². The van der Waals surface area contributed by atoms with Crippen LogP contribution >= 0.6 is 11.1 Å². The van der Waals surface area contributed by atoms with E-state index in [1.165, 1.54) is 85.3 Å². The Morgan fingerprint density at radius 1 is 0.277 bits per heavy atom. The predicted octanol–water partition coefficient (Wildman–Crippen LogP) is 3.92. The monoisotopic (exact) mass is 696 g/mol. The third-order valence-electron chi connectivity index (χ3n) is 8.13. The Kier molecular flexibility index (Phi) is 12.0. The molecule has 0 aliphatic carbocycles. The minimum absolute atomic E-state index is 0.259. The molecule has 0 bridgehead atoms. The van der Waals surface area contributed by atoms with Crippen molar-refractivity contribution in [3.63, 3.8) is 0 Å². The lowest BCUT2D eigenvalue weighted by molar-refractivity contribution is 0.327. The van der Waals surface area contributed by atoms with E-state index in [-0.39, 0.29) is 34.5 Å². The highest BCUT2D eigenvalue weighted by Gasteiger charge is 2.56. The van der Waals surface area contributed by atoms with Crippen LogP contribution in [0.4, 0.5) is 0 Å². The van der Waals surface area contributed by atoms with Crippen molar-refractivity contribution in [1.82, 2.24) is 0 Å². The fourth-order valence-corrected chi connectivity index (χ4v) is 11.7. The zero-order valence-corrected chi connectivity index (χ0v) is 31.5. The first-order chi connectivity index (χ1) is 22.5. The molecule has 3 aromatic rings. The average Bonchev–Trinajstić information content (AvgIpc) is 3.08. The SMILES string of the molecule is COc1c(C)c(OC)c(OC)c([Si](Cl)(c2c(OC)c(OC)c(C)c(OC)c2OC)c2c(OC)c(OC)c(C)c(OC)c2OC)c1OC. The summed E-state index contributed by atoms with van der Waals surface area (Å²) in [5, 5.41) is 1.03. The van der Waals surface area contributed by atoms with Gasteiger partial charge in [-0.1, -0.05) is 0 Å². The van der Waals surface area contributed by atoms with Crippen molar-refractivity contribution in [2.75, 3.05) is 85.3 Å². The van der Waals surface area contributed by atoms with Crippen molar-refractivity contribution in [2.24, 2.45) is 0 Å². The van der Waals surface area contributed by atoms with Gasteiger partial charge in [0.25, 0.3) is 7.38 Å². The zero-order valence-electron chi connectivity index (χ0n) is 29.8. The fraction of sp³-hybridized carbons (Fsp3) is 0.455. The molecule has 0 aliphatic heterocycles. The van der Waals surface area contributed by atoms with Crippen LogP contribution in [-0.4, -0.2) is 92.7 Å². The third kappa shape index (κ3) is 5.48. The molecule has 3 rings (SSSR count). The van der Waals surface area contributed by atoms with Gasteiger partial charge in [0, 0.05) is 16.7 Å². The molecule has 0 aromatic heterocycles. The van der Waals surface area contributed by atoms with E-state index in [2.05, 4.69) is 0 Å². The number of methoxy groups -OCH3 is 12. The maximum atomic E-state index is 8.48. The summed E-state index contributed by atoms with van der Waals surface area (Å²) in [5.41, 5.74) is 1.82. The average molecular weight is 697 g/mol. The summed E-state index contributed by atoms with van der Waals surface area (Å²) in [6.07, 6.45) is 0. The Balaban J connectivity index is 3.06. The first-order valence-electron chi connectivity index (χ1n) is 14.3. The van der Waals surface area contributed by atoms with Crippen molar-refractivity contribution in [3.05, 3.63) is 16.7 Å². The number of hydrogen-bond donors (Lipinski definition) is 0. The molecule has 0 unspecified atom stereocenters. The van der Waals surface area contributed by atoms with Gasteiger partial charge in [0.15, 0.2) is 69.0 Å². The van der Waals surface area contributed by atoms with Crippen LogP contribution in [0, 0.1) is 20.8 Å². The van der Waals surface area contributed by atoms with Gasteiger partial charge in [-0.2, -0.15) is 0 Å². The lowest BCUT2D eigenvalue weighted by atomic mass is 10.1. The first kappa shape index (κ1) is 37.2. The van der Waals surface area contributed by atoms with Gasteiger partial charge < -0.3 is 56.8 Å². The highest BCUT2D eigenvalue weighted by atomic mass is 35.6. The second-order valence-corrected chi connectivity index (χ2v) is 14.6. The topological polar surface area (TPSA) is 111 Å². The third-order valence-corrected chi connectivity index (χ3v) is 13.3. The van der Waals surface area contributed by atoms with E-state index in [0.717, 1.165) is 0 Å². The van der Waals surface area contributed by atoms with Crippen LogP contribution in [0.5, 0.6) is 69.0 Å². The normalized spacial score (nSPS) is 11.0. The van der Waals surface area contributed by atoms with Gasteiger partial charge in [0.05, 0.1) is 101 Å². The van der Waals surface area contributed by atoms with Crippen molar-refractivity contribution in [3.8, 4) is 69.0 Å². The van der Waals surface area contributed by atoms with Crippen molar-refractivity contribution in [2.45, 2.75) is 20.8 Å². The molecule has 0 radical (unpaired) electrons. The minimum atomic E-state index is -4.38. The number of hydrogen-bond acceptors (Lipinski definition) is 12. The molecule has 0 fully saturated rings. The van der Waals surface area contributed by atoms with Gasteiger partial charge in [-0.25, -0.2) is 0 Å². The molecule has 0 amide bonds. The highest BCUT2D eigenvalue weighted by Crippen LogP contribution is 2.52. The summed E-state index contributed by atoms with van der Waals surface area (Å²) < 4.78 is 72.5. The van der Waals surface area contributed by atoms with Gasteiger partial charge in [-0.3, -0.25) is 0 Å². The van der Waals surface area contributed by atoms with Crippen LogP contribution in [-0.2, 0) is 0 Å². The molecule has 0 atom stereocenters. The minimum Gasteiger partial charge on any atom is -0.493 e. The highest BCUT2D eigenvalue weighted by molar-refractivity contribution is 7.42. The van der Waals surface area contributed by atoms with E-state index >= 15 is 0 Å². The van der Waals surface area contributed by atoms with Crippen molar-refractivity contribution in [1.29, 1.82) is 0 Å². The van der Waals surface area contributed by atoms with Gasteiger partial charge >= 0.3 is 0 Å². The van der Waals surface area contributed by atoms with Crippen LogP contribution in [0.1, 0.15) is 16.7 Å². The fourth-order valence-electron chi connectivity index (χ4n) is 6.28. The largest absolute Gasteiger partial charge is 0.493 e. The quantitative estimate of drug-likeness (QED) is 0.131. The van der Waals surface area contributed by atoms with Crippen LogP contribution in [0.2, 0.25) is 0 Å². The molecule has 0 N–H and O–H groups in total. The lowest BCUT2D eigenvalue weighted by Crippen LogP contribution is -2.64. The lowest BCUT2D eigenvalue weighted by Gasteiger charge is -2.36. The van der Waals surface area contributed by atoms with Gasteiger partial charge in [0.2, 0.25) is 0 Å². The van der Waals surface area contributed by atoms with Crippen molar-refractivity contribution >= 4 is 34.0 Å². The summed E-state index contributed by atoms with van der Waals surface area (Å²) >= 11 is 8.48. The molecule has 0 saturated carbocycles. The van der Waals surface area contributed by atoms with E-state index in [9.17, 15) is 0 Å². The summed E-state index contributed by atoms with van der Waals surface area (Å²) in [7, 11) is 13.8. The molecule has 47 heavy (non-hydrogen) atoms. The second-order valence-electron chi connectivity index (χ2n) is 10.1. The van der Waals surface area contributed by atoms with Gasteiger partial charge in [0.1, 0.15) is 0 Å². The van der Waals surface area contributed by atoms with E-state index in [0.29, 0.717) is 66.7 Å². The molecular formula is C33H45ClO12Si. The Bertz CT molecular complexity index is 1340. The first-order valence-corrected chi connectivity index (χ1v) is 17.3. The number of halogens is 1. The predicted molar refractivity (Wildman–Crippen MR) is 183 cm³/mol. The summed E-state index contributed by atoms with van der Waals surface area (Å²) in [5.74, 6) is 3.67. The molecule has 0 heterocycles. The Morgan fingerprint density at radius 3 is 0.511 bits per heavy atom. The maximum absolute atomic E-state index is 8.48.